The van der Waals surface area contributed by atoms with Crippen LogP contribution < -0.4 is 16.0 Å². The van der Waals surface area contributed by atoms with Crippen molar-refractivity contribution in [3.05, 3.63) is 92.5 Å². The van der Waals surface area contributed by atoms with Crippen molar-refractivity contribution in [2.75, 3.05) is 14.2 Å². The summed E-state index contributed by atoms with van der Waals surface area (Å²) < 4.78 is 12.9. The topological polar surface area (TPSA) is 105 Å². The predicted molar refractivity (Wildman–Crippen MR) is 125 cm³/mol. The molecule has 1 aliphatic rings. The number of rotatable bonds is 6. The van der Waals surface area contributed by atoms with Crippen LogP contribution in [0.15, 0.2) is 64.4 Å². The van der Waals surface area contributed by atoms with E-state index in [1.54, 1.807) is 54.9 Å². The van der Waals surface area contributed by atoms with Gasteiger partial charge < -0.3 is 9.47 Å². The van der Waals surface area contributed by atoms with Gasteiger partial charge in [0, 0.05) is 24.0 Å². The third kappa shape index (κ3) is 3.64. The molecular formula is C25H22N4O5. The van der Waals surface area contributed by atoms with E-state index in [1.165, 1.54) is 18.8 Å². The first kappa shape index (κ1) is 21.6. The van der Waals surface area contributed by atoms with Gasteiger partial charge in [0.05, 0.1) is 37.4 Å². The van der Waals surface area contributed by atoms with Gasteiger partial charge in [0.25, 0.3) is 5.56 Å². The molecule has 0 radical (unpaired) electrons. The molecule has 1 saturated carbocycles. The monoisotopic (exact) mass is 458 g/mol. The second-order valence-electron chi connectivity index (χ2n) is 8.10. The molecule has 9 heteroatoms. The van der Waals surface area contributed by atoms with Gasteiger partial charge in [0.1, 0.15) is 5.75 Å². The van der Waals surface area contributed by atoms with Crippen molar-refractivity contribution >= 4 is 17.0 Å². The molecule has 5 rings (SSSR count). The lowest BCUT2D eigenvalue weighted by Crippen LogP contribution is -2.41. The van der Waals surface area contributed by atoms with E-state index in [1.807, 2.05) is 0 Å². The Morgan fingerprint density at radius 3 is 2.59 bits per heavy atom. The first-order chi connectivity index (χ1) is 16.5. The van der Waals surface area contributed by atoms with E-state index in [9.17, 15) is 14.4 Å². The van der Waals surface area contributed by atoms with E-state index < -0.39 is 17.2 Å². The molecule has 0 spiro atoms. The summed E-state index contributed by atoms with van der Waals surface area (Å²) in [4.78, 5) is 49.1. The Morgan fingerprint density at radius 2 is 1.91 bits per heavy atom. The number of methoxy groups -OCH3 is 2. The largest absolute Gasteiger partial charge is 0.495 e. The Bertz CT molecular complexity index is 1520. The van der Waals surface area contributed by atoms with Gasteiger partial charge in [-0.3, -0.25) is 14.3 Å². The molecule has 34 heavy (non-hydrogen) atoms. The fraction of sp³-hybridized carbons (Fsp3) is 0.240. The molecule has 0 amide bonds. The SMILES string of the molecule is COC(=O)c1cc(C2CC2)nc2c1c(=O)n(Cc1cccnc1)c(=O)n2-c1ccccc1OC. The first-order valence-electron chi connectivity index (χ1n) is 10.8. The normalized spacial score (nSPS) is 13.1. The third-order valence-electron chi connectivity index (χ3n) is 5.90. The summed E-state index contributed by atoms with van der Waals surface area (Å²) in [6, 6.07) is 12.1. The van der Waals surface area contributed by atoms with Gasteiger partial charge in [0.2, 0.25) is 0 Å². The molecule has 0 aliphatic heterocycles. The average Bonchev–Trinajstić information content (AvgIpc) is 3.72. The van der Waals surface area contributed by atoms with Gasteiger partial charge in [-0.25, -0.2) is 19.1 Å². The number of carbonyl (C=O) groups excluding carboxylic acids is 1. The lowest BCUT2D eigenvalue weighted by atomic mass is 10.1. The van der Waals surface area contributed by atoms with Crippen LogP contribution in [0, 0.1) is 0 Å². The average molecular weight is 458 g/mol. The Hall–Kier alpha value is -4.27. The summed E-state index contributed by atoms with van der Waals surface area (Å²) in [5.41, 5.74) is 0.702. The fourth-order valence-electron chi connectivity index (χ4n) is 4.06. The second-order valence-corrected chi connectivity index (χ2v) is 8.10. The van der Waals surface area contributed by atoms with Crippen molar-refractivity contribution in [2.45, 2.75) is 25.3 Å². The summed E-state index contributed by atoms with van der Waals surface area (Å²) in [6.45, 7) is -0.0262. The summed E-state index contributed by atoms with van der Waals surface area (Å²) in [7, 11) is 2.76. The van der Waals surface area contributed by atoms with Crippen LogP contribution in [0.5, 0.6) is 5.75 Å². The highest BCUT2D eigenvalue weighted by Gasteiger charge is 2.30. The number of hydrogen-bond donors (Lipinski definition) is 0. The quantitative estimate of drug-likeness (QED) is 0.409. The van der Waals surface area contributed by atoms with E-state index in [2.05, 4.69) is 4.98 Å². The molecular weight excluding hydrogens is 436 g/mol. The molecule has 0 N–H and O–H groups in total. The summed E-state index contributed by atoms with van der Waals surface area (Å²) >= 11 is 0. The zero-order chi connectivity index (χ0) is 23.8. The number of benzene rings is 1. The van der Waals surface area contributed by atoms with E-state index in [4.69, 9.17) is 14.5 Å². The highest BCUT2D eigenvalue weighted by Crippen LogP contribution is 2.40. The zero-order valence-corrected chi connectivity index (χ0v) is 18.7. The summed E-state index contributed by atoms with van der Waals surface area (Å²) in [5.74, 6) is -0.0628. The summed E-state index contributed by atoms with van der Waals surface area (Å²) in [5, 5.41) is 0.0191. The second kappa shape index (κ2) is 8.58. The van der Waals surface area contributed by atoms with Crippen LogP contribution in [0.2, 0.25) is 0 Å². The van der Waals surface area contributed by atoms with Crippen molar-refractivity contribution in [3.63, 3.8) is 0 Å². The van der Waals surface area contributed by atoms with Gasteiger partial charge >= 0.3 is 11.7 Å². The van der Waals surface area contributed by atoms with Gasteiger partial charge in [-0.2, -0.15) is 0 Å². The molecule has 0 bridgehead atoms. The predicted octanol–water partition coefficient (Wildman–Crippen LogP) is 2.66. The maximum Gasteiger partial charge on any atom is 0.338 e. The fourth-order valence-corrected chi connectivity index (χ4v) is 4.06. The number of pyridine rings is 2. The van der Waals surface area contributed by atoms with Gasteiger partial charge in [0.15, 0.2) is 5.65 Å². The van der Waals surface area contributed by atoms with E-state index in [-0.39, 0.29) is 29.1 Å². The minimum atomic E-state index is -0.662. The highest BCUT2D eigenvalue weighted by atomic mass is 16.5. The van der Waals surface area contributed by atoms with E-state index >= 15 is 0 Å². The van der Waals surface area contributed by atoms with Gasteiger partial charge in [-0.1, -0.05) is 18.2 Å². The van der Waals surface area contributed by atoms with Crippen molar-refractivity contribution in [2.24, 2.45) is 0 Å². The first-order valence-corrected chi connectivity index (χ1v) is 10.8. The molecule has 3 aromatic heterocycles. The molecule has 4 aromatic rings. The Morgan fingerprint density at radius 1 is 1.12 bits per heavy atom. The lowest BCUT2D eigenvalue weighted by Gasteiger charge is -2.17. The Kier molecular flexibility index (Phi) is 5.45. The molecule has 9 nitrogen and oxygen atoms in total. The van der Waals surface area contributed by atoms with Crippen LogP contribution in [-0.2, 0) is 11.3 Å². The molecule has 1 aliphatic carbocycles. The van der Waals surface area contributed by atoms with Crippen molar-refractivity contribution in [1.29, 1.82) is 0 Å². The molecule has 1 aromatic carbocycles. The minimum Gasteiger partial charge on any atom is -0.495 e. The lowest BCUT2D eigenvalue weighted by molar-refractivity contribution is 0.0602. The smallest absolute Gasteiger partial charge is 0.338 e. The van der Waals surface area contributed by atoms with Crippen LogP contribution >= 0.6 is 0 Å². The highest BCUT2D eigenvalue weighted by molar-refractivity contribution is 6.02. The number of fused-ring (bicyclic) bond motifs is 1. The number of ether oxygens (including phenoxy) is 2. The maximum absolute atomic E-state index is 13.8. The molecule has 1 fully saturated rings. The maximum atomic E-state index is 13.8. The number of esters is 1. The standard InChI is InChI=1S/C25H22N4O5/c1-33-20-8-4-3-7-19(20)29-22-21(17(24(31)34-2)12-18(27-22)16-9-10-16)23(30)28(25(29)32)14-15-6-5-11-26-13-15/h3-8,11-13,16H,9-10,14H2,1-2H3. The van der Waals surface area contributed by atoms with Crippen molar-refractivity contribution in [3.8, 4) is 11.4 Å². The Balaban J connectivity index is 1.93. The number of aromatic nitrogens is 4. The Labute approximate surface area is 194 Å². The van der Waals surface area contributed by atoms with Crippen LogP contribution in [0.1, 0.15) is 40.4 Å². The number of hydrogen-bond acceptors (Lipinski definition) is 7. The zero-order valence-electron chi connectivity index (χ0n) is 18.7. The number of carbonyl (C=O) groups is 1. The van der Waals surface area contributed by atoms with Crippen molar-refractivity contribution in [1.82, 2.24) is 19.1 Å². The number of para-hydroxylation sites is 2. The minimum absolute atomic E-state index is 0.0191. The van der Waals surface area contributed by atoms with E-state index in [0.29, 0.717) is 22.7 Å². The summed E-state index contributed by atoms with van der Waals surface area (Å²) in [6.07, 6.45) is 5.05. The molecule has 0 atom stereocenters. The van der Waals surface area contributed by atoms with Crippen LogP contribution in [0.4, 0.5) is 0 Å². The molecule has 0 saturated heterocycles. The molecule has 0 unspecified atom stereocenters. The van der Waals surface area contributed by atoms with E-state index in [0.717, 1.165) is 17.4 Å². The number of nitrogens with zero attached hydrogens (tertiary/aromatic N) is 4. The van der Waals surface area contributed by atoms with Crippen LogP contribution in [-0.4, -0.2) is 39.3 Å². The van der Waals surface area contributed by atoms with Crippen LogP contribution in [0.3, 0.4) is 0 Å². The van der Waals surface area contributed by atoms with Crippen LogP contribution in [0.25, 0.3) is 16.7 Å². The van der Waals surface area contributed by atoms with Gasteiger partial charge in [-0.05, 0) is 42.7 Å². The third-order valence-corrected chi connectivity index (χ3v) is 5.90. The van der Waals surface area contributed by atoms with Crippen molar-refractivity contribution < 1.29 is 14.3 Å². The molecule has 172 valence electrons. The molecule has 3 heterocycles. The van der Waals surface area contributed by atoms with Gasteiger partial charge in [-0.15, -0.1) is 0 Å².